The monoisotopic (exact) mass is 260 g/mol. The number of aliphatic carboxylic acids is 1. The van der Waals surface area contributed by atoms with Gasteiger partial charge in [-0.15, -0.1) is 11.8 Å². The van der Waals surface area contributed by atoms with Gasteiger partial charge in [0.1, 0.15) is 0 Å². The van der Waals surface area contributed by atoms with Crippen LogP contribution in [0.1, 0.15) is 12.8 Å². The maximum absolute atomic E-state index is 11.7. The molecule has 1 aliphatic heterocycles. The van der Waals surface area contributed by atoms with E-state index in [0.717, 1.165) is 24.6 Å². The van der Waals surface area contributed by atoms with Crippen LogP contribution < -0.4 is 5.73 Å². The van der Waals surface area contributed by atoms with E-state index < -0.39 is 5.97 Å². The van der Waals surface area contributed by atoms with Crippen molar-refractivity contribution in [3.05, 3.63) is 0 Å². The zero-order valence-electron chi connectivity index (χ0n) is 9.42. The number of likely N-dealkylation sites (tertiary alicyclic amines) is 1. The van der Waals surface area contributed by atoms with Crippen LogP contribution in [-0.2, 0) is 14.4 Å². The van der Waals surface area contributed by atoms with Gasteiger partial charge in [0.2, 0.25) is 11.8 Å². The van der Waals surface area contributed by atoms with Gasteiger partial charge in [-0.3, -0.25) is 14.4 Å². The average molecular weight is 260 g/mol. The predicted molar refractivity (Wildman–Crippen MR) is 63.5 cm³/mol. The summed E-state index contributed by atoms with van der Waals surface area (Å²) in [5.74, 6) is -1.65. The first-order valence-corrected chi connectivity index (χ1v) is 6.53. The highest BCUT2D eigenvalue weighted by atomic mass is 32.2. The Labute approximate surface area is 104 Å². The second-order valence-corrected chi connectivity index (χ2v) is 4.95. The molecule has 1 unspecified atom stereocenters. The van der Waals surface area contributed by atoms with Crippen molar-refractivity contribution in [2.45, 2.75) is 12.8 Å². The van der Waals surface area contributed by atoms with E-state index in [2.05, 4.69) is 0 Å². The van der Waals surface area contributed by atoms with E-state index >= 15 is 0 Å². The lowest BCUT2D eigenvalue weighted by Gasteiger charge is -2.31. The fraction of sp³-hybridized carbons (Fsp3) is 0.700. The number of carbonyl (C=O) groups excluding carboxylic acids is 2. The van der Waals surface area contributed by atoms with Gasteiger partial charge in [-0.1, -0.05) is 0 Å². The number of hydrogen-bond donors (Lipinski definition) is 2. The van der Waals surface area contributed by atoms with E-state index in [4.69, 9.17) is 10.8 Å². The van der Waals surface area contributed by atoms with Crippen molar-refractivity contribution in [1.82, 2.24) is 4.90 Å². The summed E-state index contributed by atoms with van der Waals surface area (Å²) in [5, 5.41) is 8.44. The maximum atomic E-state index is 11.7. The predicted octanol–water partition coefficient (Wildman–Crippen LogP) is -0.472. The summed E-state index contributed by atoms with van der Waals surface area (Å²) >= 11 is 1.07. The molecule has 96 valence electrons. The van der Waals surface area contributed by atoms with Crippen molar-refractivity contribution in [2.75, 3.05) is 24.6 Å². The van der Waals surface area contributed by atoms with E-state index in [-0.39, 0.29) is 29.2 Å². The molecule has 0 aromatic carbocycles. The standard InChI is InChI=1S/C10H16N2O4S/c11-10(16)7-2-1-3-12(4-7)8(13)5-17-6-9(14)15/h7H,1-6H2,(H2,11,16)(H,14,15). The molecule has 1 heterocycles. The van der Waals surface area contributed by atoms with Gasteiger partial charge < -0.3 is 15.7 Å². The molecule has 0 saturated carbocycles. The zero-order chi connectivity index (χ0) is 12.8. The smallest absolute Gasteiger partial charge is 0.313 e. The minimum Gasteiger partial charge on any atom is -0.481 e. The molecule has 3 N–H and O–H groups in total. The largest absolute Gasteiger partial charge is 0.481 e. The highest BCUT2D eigenvalue weighted by Crippen LogP contribution is 2.17. The van der Waals surface area contributed by atoms with Gasteiger partial charge in [0.25, 0.3) is 0 Å². The molecular weight excluding hydrogens is 244 g/mol. The number of amides is 2. The average Bonchev–Trinajstić information content (AvgIpc) is 2.28. The molecule has 7 heteroatoms. The molecule has 1 atom stereocenters. The van der Waals surface area contributed by atoms with Gasteiger partial charge in [-0.25, -0.2) is 0 Å². The van der Waals surface area contributed by atoms with Crippen molar-refractivity contribution < 1.29 is 19.5 Å². The normalized spacial score (nSPS) is 20.0. The Morgan fingerprint density at radius 3 is 2.65 bits per heavy atom. The SMILES string of the molecule is NC(=O)C1CCCN(C(=O)CSCC(=O)O)C1. The summed E-state index contributed by atoms with van der Waals surface area (Å²) in [4.78, 5) is 34.6. The van der Waals surface area contributed by atoms with Crippen LogP contribution in [0, 0.1) is 5.92 Å². The van der Waals surface area contributed by atoms with Gasteiger partial charge in [0, 0.05) is 13.1 Å². The quantitative estimate of drug-likeness (QED) is 0.696. The number of carboxylic acids is 1. The van der Waals surface area contributed by atoms with E-state index in [1.165, 1.54) is 0 Å². The number of piperidine rings is 1. The first-order chi connectivity index (χ1) is 8.00. The molecule has 0 aliphatic carbocycles. The third-order valence-corrected chi connectivity index (χ3v) is 3.53. The maximum Gasteiger partial charge on any atom is 0.313 e. The first-order valence-electron chi connectivity index (χ1n) is 5.37. The number of thioether (sulfide) groups is 1. The van der Waals surface area contributed by atoms with Crippen LogP contribution in [-0.4, -0.2) is 52.4 Å². The molecule has 1 fully saturated rings. The van der Waals surface area contributed by atoms with E-state index in [9.17, 15) is 14.4 Å². The number of carboxylic acid groups (broad SMARTS) is 1. The Bertz CT molecular complexity index is 321. The number of nitrogens with zero attached hydrogens (tertiary/aromatic N) is 1. The third-order valence-electron chi connectivity index (χ3n) is 2.63. The summed E-state index contributed by atoms with van der Waals surface area (Å²) < 4.78 is 0. The van der Waals surface area contributed by atoms with Crippen molar-refractivity contribution in [3.8, 4) is 0 Å². The minimum absolute atomic E-state index is 0.0845. The van der Waals surface area contributed by atoms with Crippen LogP contribution >= 0.6 is 11.8 Å². The summed E-state index contributed by atoms with van der Waals surface area (Å²) in [5.41, 5.74) is 5.21. The Morgan fingerprint density at radius 2 is 2.06 bits per heavy atom. The van der Waals surface area contributed by atoms with Crippen LogP contribution in [0.3, 0.4) is 0 Å². The molecule has 0 radical (unpaired) electrons. The lowest BCUT2D eigenvalue weighted by Crippen LogP contribution is -2.44. The molecule has 0 bridgehead atoms. The Kier molecular flexibility index (Phi) is 5.27. The molecule has 17 heavy (non-hydrogen) atoms. The van der Waals surface area contributed by atoms with Crippen molar-refractivity contribution in [3.63, 3.8) is 0 Å². The zero-order valence-corrected chi connectivity index (χ0v) is 10.2. The number of primary amides is 1. The van der Waals surface area contributed by atoms with Crippen molar-refractivity contribution in [2.24, 2.45) is 11.7 Å². The fourth-order valence-corrected chi connectivity index (χ4v) is 2.39. The number of carbonyl (C=O) groups is 3. The molecule has 0 spiro atoms. The second-order valence-electron chi connectivity index (χ2n) is 3.97. The minimum atomic E-state index is -0.934. The van der Waals surface area contributed by atoms with Gasteiger partial charge in [-0.05, 0) is 12.8 Å². The van der Waals surface area contributed by atoms with Gasteiger partial charge >= 0.3 is 5.97 Å². The molecule has 1 rings (SSSR count). The number of hydrogen-bond acceptors (Lipinski definition) is 4. The second kappa shape index (κ2) is 6.48. The van der Waals surface area contributed by atoms with Gasteiger partial charge in [0.05, 0.1) is 17.4 Å². The highest BCUT2D eigenvalue weighted by Gasteiger charge is 2.26. The van der Waals surface area contributed by atoms with Crippen LogP contribution in [0.5, 0.6) is 0 Å². The Hall–Kier alpha value is -1.24. The van der Waals surface area contributed by atoms with E-state index in [1.807, 2.05) is 0 Å². The lowest BCUT2D eigenvalue weighted by molar-refractivity contribution is -0.134. The number of rotatable bonds is 5. The van der Waals surface area contributed by atoms with E-state index in [1.54, 1.807) is 4.90 Å². The Balaban J connectivity index is 2.35. The molecule has 0 aromatic heterocycles. The van der Waals surface area contributed by atoms with Crippen LogP contribution in [0.4, 0.5) is 0 Å². The highest BCUT2D eigenvalue weighted by molar-refractivity contribution is 8.00. The van der Waals surface area contributed by atoms with Gasteiger partial charge in [-0.2, -0.15) is 0 Å². The molecule has 1 aliphatic rings. The van der Waals surface area contributed by atoms with Crippen LogP contribution in [0.15, 0.2) is 0 Å². The molecule has 0 aromatic rings. The molecular formula is C10H16N2O4S. The fourth-order valence-electron chi connectivity index (χ4n) is 1.75. The molecule has 6 nitrogen and oxygen atoms in total. The summed E-state index contributed by atoms with van der Waals surface area (Å²) in [6.45, 7) is 0.984. The summed E-state index contributed by atoms with van der Waals surface area (Å²) in [7, 11) is 0. The van der Waals surface area contributed by atoms with E-state index in [0.29, 0.717) is 13.1 Å². The summed E-state index contributed by atoms with van der Waals surface area (Å²) in [6, 6.07) is 0. The van der Waals surface area contributed by atoms with Crippen molar-refractivity contribution >= 4 is 29.5 Å². The van der Waals surface area contributed by atoms with Gasteiger partial charge in [0.15, 0.2) is 0 Å². The Morgan fingerprint density at radius 1 is 1.35 bits per heavy atom. The number of nitrogens with two attached hydrogens (primary N) is 1. The van der Waals surface area contributed by atoms with Crippen LogP contribution in [0.2, 0.25) is 0 Å². The molecule has 1 saturated heterocycles. The lowest BCUT2D eigenvalue weighted by atomic mass is 9.97. The first kappa shape index (κ1) is 13.8. The van der Waals surface area contributed by atoms with Crippen molar-refractivity contribution in [1.29, 1.82) is 0 Å². The topological polar surface area (TPSA) is 101 Å². The third kappa shape index (κ3) is 4.64. The van der Waals surface area contributed by atoms with Crippen LogP contribution in [0.25, 0.3) is 0 Å². The molecule has 2 amide bonds. The summed E-state index contributed by atoms with van der Waals surface area (Å²) in [6.07, 6.45) is 1.49.